The lowest BCUT2D eigenvalue weighted by Gasteiger charge is -2.08. The van der Waals surface area contributed by atoms with Crippen molar-refractivity contribution in [3.8, 4) is 5.75 Å². The van der Waals surface area contributed by atoms with Crippen LogP contribution in [0.3, 0.4) is 0 Å². The minimum Gasteiger partial charge on any atom is -0.468 e. The zero-order valence-corrected chi connectivity index (χ0v) is 9.74. The first-order valence-electron chi connectivity index (χ1n) is 4.51. The van der Waals surface area contributed by atoms with Crippen molar-refractivity contribution in [3.05, 3.63) is 29.8 Å². The molecule has 0 aliphatic rings. The van der Waals surface area contributed by atoms with Crippen molar-refractivity contribution in [1.29, 1.82) is 0 Å². The highest BCUT2D eigenvalue weighted by molar-refractivity contribution is 7.30. The van der Waals surface area contributed by atoms with E-state index in [1.807, 2.05) is 31.2 Å². The highest BCUT2D eigenvalue weighted by Crippen LogP contribution is 2.21. The first-order chi connectivity index (χ1) is 7.24. The van der Waals surface area contributed by atoms with E-state index in [1.54, 1.807) is 0 Å². The average molecular weight is 227 g/mol. The Balaban J connectivity index is 2.26. The Labute approximate surface area is 90.9 Å². The smallest absolute Gasteiger partial charge is 0.320 e. The summed E-state index contributed by atoms with van der Waals surface area (Å²) in [5.74, 6) is 0.532. The molecular weight excluding hydrogens is 213 g/mol. The van der Waals surface area contributed by atoms with Gasteiger partial charge in [-0.1, -0.05) is 18.2 Å². The maximum atomic E-state index is 10.8. The van der Waals surface area contributed by atoms with Gasteiger partial charge in [0.05, 0.1) is 13.7 Å². The van der Waals surface area contributed by atoms with Crippen LogP contribution in [-0.2, 0) is 9.53 Å². The third kappa shape index (κ3) is 4.28. The molecule has 0 heterocycles. The van der Waals surface area contributed by atoms with E-state index < -0.39 is 0 Å². The Morgan fingerprint density at radius 3 is 2.87 bits per heavy atom. The summed E-state index contributed by atoms with van der Waals surface area (Å²) < 4.78 is 9.91. The van der Waals surface area contributed by atoms with Crippen LogP contribution in [-0.4, -0.2) is 19.6 Å². The normalized spacial score (nSPS) is 10.5. The van der Waals surface area contributed by atoms with Crippen LogP contribution in [0, 0.1) is 6.92 Å². The van der Waals surface area contributed by atoms with Crippen molar-refractivity contribution in [2.45, 2.75) is 6.92 Å². The van der Waals surface area contributed by atoms with Gasteiger partial charge in [0, 0.05) is 0 Å². The molecule has 1 unspecified atom stereocenters. The van der Waals surface area contributed by atoms with Gasteiger partial charge in [0.2, 0.25) is 0 Å². The van der Waals surface area contributed by atoms with E-state index in [4.69, 9.17) is 4.52 Å². The van der Waals surface area contributed by atoms with Crippen LogP contribution in [0.4, 0.5) is 0 Å². The van der Waals surface area contributed by atoms with Gasteiger partial charge in [0.1, 0.15) is 14.7 Å². The van der Waals surface area contributed by atoms with Gasteiger partial charge < -0.3 is 9.26 Å². The van der Waals surface area contributed by atoms with Gasteiger partial charge in [-0.05, 0) is 18.6 Å². The molecule has 1 N–H and O–H groups in total. The van der Waals surface area contributed by atoms with Crippen LogP contribution in [0.2, 0.25) is 0 Å². The third-order valence-electron chi connectivity index (χ3n) is 1.79. The lowest BCUT2D eigenvalue weighted by Crippen LogP contribution is -2.17. The summed E-state index contributed by atoms with van der Waals surface area (Å²) in [4.78, 5) is 10.8. The number of benzene rings is 1. The molecule has 5 heteroatoms. The Morgan fingerprint density at radius 2 is 2.20 bits per heavy atom. The van der Waals surface area contributed by atoms with Gasteiger partial charge in [-0.2, -0.15) is 0 Å². The number of carbonyl (C=O) groups is 1. The van der Waals surface area contributed by atoms with Crippen molar-refractivity contribution >= 4 is 14.9 Å². The van der Waals surface area contributed by atoms with Crippen molar-refractivity contribution < 1.29 is 14.1 Å². The fourth-order valence-electron chi connectivity index (χ4n) is 0.942. The van der Waals surface area contributed by atoms with Crippen LogP contribution < -0.4 is 9.61 Å². The minimum absolute atomic E-state index is 0.0510. The number of aryl methyl sites for hydroxylation is 1. The summed E-state index contributed by atoms with van der Waals surface area (Å²) in [5.41, 5.74) is 1.07. The van der Waals surface area contributed by atoms with Crippen LogP contribution in [0.15, 0.2) is 24.3 Å². The van der Waals surface area contributed by atoms with Crippen molar-refractivity contribution in [3.63, 3.8) is 0 Å². The second-order valence-corrected chi connectivity index (χ2v) is 3.66. The molecule has 15 heavy (non-hydrogen) atoms. The molecule has 1 aromatic rings. The lowest BCUT2D eigenvalue weighted by atomic mass is 10.2. The molecule has 0 aliphatic carbocycles. The number of para-hydroxylation sites is 1. The predicted molar refractivity (Wildman–Crippen MR) is 60.1 cm³/mol. The zero-order chi connectivity index (χ0) is 11.1. The molecule has 0 fully saturated rings. The van der Waals surface area contributed by atoms with Gasteiger partial charge >= 0.3 is 5.97 Å². The van der Waals surface area contributed by atoms with Gasteiger partial charge in [0.25, 0.3) is 0 Å². The van der Waals surface area contributed by atoms with Gasteiger partial charge in [0.15, 0.2) is 0 Å². The topological polar surface area (TPSA) is 47.6 Å². The number of methoxy groups -OCH3 is 1. The second-order valence-electron chi connectivity index (χ2n) is 2.90. The first-order valence-corrected chi connectivity index (χ1v) is 5.42. The number of hydrogen-bond donors (Lipinski definition) is 1. The largest absolute Gasteiger partial charge is 0.468 e. The summed E-state index contributed by atoms with van der Waals surface area (Å²) in [6.45, 7) is 2.14. The summed E-state index contributed by atoms with van der Waals surface area (Å²) >= 11 is 0. The van der Waals surface area contributed by atoms with E-state index in [2.05, 4.69) is 9.82 Å². The monoisotopic (exact) mass is 227 g/mol. The molecule has 0 radical (unpaired) electrons. The standard InChI is InChI=1S/C10H14NO3P/c1-8-5-3-4-6-9(8)14-15-11-7-10(12)13-2/h3-6,11,15H,7H2,1-2H3. The lowest BCUT2D eigenvalue weighted by molar-refractivity contribution is -0.139. The number of esters is 1. The molecule has 0 saturated carbocycles. The molecule has 82 valence electrons. The molecule has 1 atom stereocenters. The number of carbonyl (C=O) groups excluding carboxylic acids is 1. The van der Waals surface area contributed by atoms with Crippen LogP contribution in [0.25, 0.3) is 0 Å². The number of ether oxygens (including phenoxy) is 1. The summed E-state index contributed by atoms with van der Waals surface area (Å²) in [7, 11) is 1.41. The summed E-state index contributed by atoms with van der Waals surface area (Å²) in [6, 6.07) is 7.72. The number of nitrogens with one attached hydrogen (secondary N) is 1. The Kier molecular flexibility index (Phi) is 5.08. The Bertz CT molecular complexity index is 330. The SMILES string of the molecule is COC(=O)CNPOc1ccccc1C. The van der Waals surface area contributed by atoms with E-state index >= 15 is 0 Å². The maximum absolute atomic E-state index is 10.8. The zero-order valence-electron chi connectivity index (χ0n) is 8.74. The van der Waals surface area contributed by atoms with E-state index in [0.29, 0.717) is 0 Å². The maximum Gasteiger partial charge on any atom is 0.320 e. The predicted octanol–water partition coefficient (Wildman–Crippen LogP) is 1.64. The quantitative estimate of drug-likeness (QED) is 0.472. The molecule has 0 spiro atoms. The third-order valence-corrected chi connectivity index (χ3v) is 2.43. The van der Waals surface area contributed by atoms with Crippen LogP contribution in [0.1, 0.15) is 5.56 Å². The average Bonchev–Trinajstić information content (AvgIpc) is 2.26. The fraction of sp³-hybridized carbons (Fsp3) is 0.300. The fourth-order valence-corrected chi connectivity index (χ4v) is 1.57. The van der Waals surface area contributed by atoms with Gasteiger partial charge in [-0.15, -0.1) is 0 Å². The first kappa shape index (κ1) is 12.0. The van der Waals surface area contributed by atoms with Crippen molar-refractivity contribution in [2.24, 2.45) is 0 Å². The Hall–Kier alpha value is -1.12. The minimum atomic E-state index is -0.295. The molecular formula is C10H14NO3P. The van der Waals surface area contributed by atoms with Gasteiger partial charge in [-0.25, -0.2) is 0 Å². The van der Waals surface area contributed by atoms with E-state index in [1.165, 1.54) is 7.11 Å². The summed E-state index contributed by atoms with van der Waals surface area (Å²) in [5, 5.41) is 2.84. The van der Waals surface area contributed by atoms with E-state index in [-0.39, 0.29) is 21.5 Å². The molecule has 4 nitrogen and oxygen atoms in total. The summed E-state index contributed by atoms with van der Waals surface area (Å²) in [6.07, 6.45) is 0. The van der Waals surface area contributed by atoms with Crippen molar-refractivity contribution in [2.75, 3.05) is 13.7 Å². The molecule has 0 aliphatic heterocycles. The Morgan fingerprint density at radius 1 is 1.47 bits per heavy atom. The molecule has 1 rings (SSSR count). The molecule has 1 aromatic carbocycles. The number of rotatable bonds is 5. The van der Waals surface area contributed by atoms with Crippen LogP contribution >= 0.6 is 8.96 Å². The number of hydrogen-bond acceptors (Lipinski definition) is 4. The molecule has 0 aromatic heterocycles. The van der Waals surface area contributed by atoms with E-state index in [9.17, 15) is 4.79 Å². The van der Waals surface area contributed by atoms with E-state index in [0.717, 1.165) is 11.3 Å². The highest BCUT2D eigenvalue weighted by Gasteiger charge is 2.00. The molecule has 0 saturated heterocycles. The van der Waals surface area contributed by atoms with Crippen molar-refractivity contribution in [1.82, 2.24) is 5.09 Å². The highest BCUT2D eigenvalue weighted by atomic mass is 31.1. The second kappa shape index (κ2) is 6.38. The van der Waals surface area contributed by atoms with Gasteiger partial charge in [-0.3, -0.25) is 9.88 Å². The molecule has 0 amide bonds. The van der Waals surface area contributed by atoms with Crippen LogP contribution in [0.5, 0.6) is 5.75 Å². The molecule has 0 bridgehead atoms.